The Hall–Kier alpha value is -2.28. The molecule has 0 aliphatic rings. The van der Waals surface area contributed by atoms with Crippen molar-refractivity contribution < 1.29 is 28.9 Å². The van der Waals surface area contributed by atoms with Gasteiger partial charge in [-0.05, 0) is 59.2 Å². The van der Waals surface area contributed by atoms with Crippen molar-refractivity contribution in [3.8, 4) is 0 Å². The molecule has 0 aromatic heterocycles. The molecule has 0 spiro atoms. The molecule has 0 radical (unpaired) electrons. The molecule has 3 N–H and O–H groups in total. The maximum atomic E-state index is 11.0. The van der Waals surface area contributed by atoms with E-state index in [0.717, 1.165) is 11.3 Å². The molecule has 0 fully saturated rings. The Bertz CT molecular complexity index is 500. The summed E-state index contributed by atoms with van der Waals surface area (Å²) in [6.45, 7) is 14.1. The molecule has 0 saturated carbocycles. The van der Waals surface area contributed by atoms with Crippen molar-refractivity contribution in [3.05, 3.63) is 29.8 Å². The van der Waals surface area contributed by atoms with Crippen molar-refractivity contribution in [1.29, 1.82) is 0 Å². The zero-order chi connectivity index (χ0) is 21.0. The quantitative estimate of drug-likeness (QED) is 0.420. The van der Waals surface area contributed by atoms with Gasteiger partial charge in [0.15, 0.2) is 0 Å². The number of benzene rings is 1. The third kappa shape index (κ3) is 16.6. The number of aliphatic hydroxyl groups is 1. The van der Waals surface area contributed by atoms with Crippen LogP contribution in [0.3, 0.4) is 0 Å². The Morgan fingerprint density at radius 1 is 0.885 bits per heavy atom. The van der Waals surface area contributed by atoms with Gasteiger partial charge in [0.05, 0.1) is 6.61 Å². The van der Waals surface area contributed by atoms with Crippen LogP contribution in [0.25, 0.3) is 0 Å². The van der Waals surface area contributed by atoms with Crippen LogP contribution in [0.2, 0.25) is 0 Å². The molecule has 7 nitrogen and oxygen atoms in total. The summed E-state index contributed by atoms with van der Waals surface area (Å²) in [5, 5.41) is 8.59. The molecule has 0 atom stereocenters. The predicted octanol–water partition coefficient (Wildman–Crippen LogP) is 4.66. The molecule has 1 rings (SSSR count). The van der Waals surface area contributed by atoms with Crippen LogP contribution in [-0.2, 0) is 20.8 Å². The van der Waals surface area contributed by atoms with Crippen LogP contribution in [0.5, 0.6) is 0 Å². The fourth-order valence-electron chi connectivity index (χ4n) is 1.23. The van der Waals surface area contributed by atoms with Gasteiger partial charge in [0.1, 0.15) is 11.2 Å². The molecule has 0 saturated heterocycles. The zero-order valence-corrected chi connectivity index (χ0v) is 17.1. The number of carbonyl (C=O) groups excluding carboxylic acids is 2. The summed E-state index contributed by atoms with van der Waals surface area (Å²) in [5.74, 6) is 0. The highest BCUT2D eigenvalue weighted by Gasteiger charge is 2.24. The van der Waals surface area contributed by atoms with Gasteiger partial charge in [-0.1, -0.05) is 26.0 Å². The number of hydrogen-bond donors (Lipinski definition) is 2. The van der Waals surface area contributed by atoms with Crippen LogP contribution >= 0.6 is 0 Å². The van der Waals surface area contributed by atoms with Gasteiger partial charge in [0, 0.05) is 5.69 Å². The van der Waals surface area contributed by atoms with Crippen LogP contribution in [0.15, 0.2) is 24.3 Å². The molecule has 26 heavy (non-hydrogen) atoms. The zero-order valence-electron chi connectivity index (χ0n) is 17.1. The molecule has 1 aromatic carbocycles. The predicted molar refractivity (Wildman–Crippen MR) is 102 cm³/mol. The first-order valence-corrected chi connectivity index (χ1v) is 8.41. The van der Waals surface area contributed by atoms with Crippen LogP contribution in [-0.4, -0.2) is 28.6 Å². The van der Waals surface area contributed by atoms with Crippen LogP contribution in [0, 0.1) is 0 Å². The molecule has 0 bridgehead atoms. The normalized spacial score (nSPS) is 10.3. The lowest BCUT2D eigenvalue weighted by Crippen LogP contribution is -2.29. The van der Waals surface area contributed by atoms with Crippen molar-refractivity contribution in [2.24, 2.45) is 0 Å². The summed E-state index contributed by atoms with van der Waals surface area (Å²) in [7, 11) is 0. The Balaban J connectivity index is 0. The number of anilines is 1. The molecule has 0 aliphatic heterocycles. The minimum atomic E-state index is -1.06. The van der Waals surface area contributed by atoms with Gasteiger partial charge in [-0.25, -0.2) is 9.59 Å². The Kier molecular flexibility index (Phi) is 12.1. The first-order chi connectivity index (χ1) is 11.8. The summed E-state index contributed by atoms with van der Waals surface area (Å²) >= 11 is 0. The number of ether oxygens (including phenoxy) is 3. The summed E-state index contributed by atoms with van der Waals surface area (Å²) in [6.07, 6.45) is -2.12. The van der Waals surface area contributed by atoms with Gasteiger partial charge in [-0.15, -0.1) is 0 Å². The number of hydrogen-bond acceptors (Lipinski definition) is 7. The van der Waals surface area contributed by atoms with Crippen molar-refractivity contribution >= 4 is 18.0 Å². The van der Waals surface area contributed by atoms with Gasteiger partial charge >= 0.3 is 12.3 Å². The van der Waals surface area contributed by atoms with Crippen molar-refractivity contribution in [1.82, 2.24) is 0 Å². The van der Waals surface area contributed by atoms with Crippen molar-refractivity contribution in [2.45, 2.75) is 73.2 Å². The van der Waals surface area contributed by atoms with E-state index >= 15 is 0 Å². The van der Waals surface area contributed by atoms with Crippen LogP contribution < -0.4 is 5.73 Å². The minimum absolute atomic E-state index is 0.0836. The van der Waals surface area contributed by atoms with Crippen molar-refractivity contribution in [2.75, 3.05) is 5.73 Å². The lowest BCUT2D eigenvalue weighted by molar-refractivity contribution is -0.0293. The molecular formula is C19H33NO6. The second kappa shape index (κ2) is 12.1. The lowest BCUT2D eigenvalue weighted by atomic mass is 10.2. The highest BCUT2D eigenvalue weighted by Crippen LogP contribution is 2.11. The molecule has 1 aromatic rings. The van der Waals surface area contributed by atoms with E-state index in [0.29, 0.717) is 0 Å². The second-order valence-electron chi connectivity index (χ2n) is 6.93. The van der Waals surface area contributed by atoms with Gasteiger partial charge in [0.25, 0.3) is 0 Å². The van der Waals surface area contributed by atoms with E-state index in [1.54, 1.807) is 65.8 Å². The molecule has 7 heteroatoms. The average Bonchev–Trinajstić information content (AvgIpc) is 2.46. The third-order valence-corrected chi connectivity index (χ3v) is 2.11. The van der Waals surface area contributed by atoms with E-state index in [2.05, 4.69) is 4.74 Å². The number of aliphatic hydroxyl groups excluding tert-OH is 1. The van der Waals surface area contributed by atoms with E-state index in [9.17, 15) is 9.59 Å². The minimum Gasteiger partial charge on any atom is -0.428 e. The molecule has 0 aliphatic carbocycles. The molecular weight excluding hydrogens is 338 g/mol. The Morgan fingerprint density at radius 3 is 1.50 bits per heavy atom. The SMILES string of the molecule is CC.CC(C)(C)OC(=O)OC(=O)OC(C)(C)C.Nc1ccc(CO)cc1. The fraction of sp³-hybridized carbons (Fsp3) is 0.579. The van der Waals surface area contributed by atoms with Gasteiger partial charge < -0.3 is 25.1 Å². The van der Waals surface area contributed by atoms with E-state index in [4.69, 9.17) is 20.3 Å². The van der Waals surface area contributed by atoms with Gasteiger partial charge in [-0.3, -0.25) is 0 Å². The number of nitrogens with two attached hydrogens (primary N) is 1. The fourth-order valence-corrected chi connectivity index (χ4v) is 1.23. The average molecular weight is 371 g/mol. The Morgan fingerprint density at radius 2 is 1.23 bits per heavy atom. The standard InChI is InChI=1S/C10H18O5.C7H9NO.C2H6/c1-9(2,3)14-7(11)13-8(12)15-10(4,5)6;8-7-3-1-6(5-9)2-4-7;1-2/h1-6H3;1-4,9H,5,8H2;1-2H3. The first-order valence-electron chi connectivity index (χ1n) is 8.41. The van der Waals surface area contributed by atoms with Gasteiger partial charge in [-0.2, -0.15) is 0 Å². The topological polar surface area (TPSA) is 108 Å². The van der Waals surface area contributed by atoms with E-state index < -0.39 is 23.5 Å². The molecule has 0 unspecified atom stereocenters. The number of carbonyl (C=O) groups is 2. The Labute approximate surface area is 156 Å². The molecule has 0 amide bonds. The molecule has 150 valence electrons. The van der Waals surface area contributed by atoms with Crippen molar-refractivity contribution in [3.63, 3.8) is 0 Å². The summed E-state index contributed by atoms with van der Waals surface area (Å²) in [6, 6.07) is 7.14. The van der Waals surface area contributed by atoms with E-state index in [1.165, 1.54) is 0 Å². The van der Waals surface area contributed by atoms with E-state index in [-0.39, 0.29) is 6.61 Å². The summed E-state index contributed by atoms with van der Waals surface area (Å²) < 4.78 is 13.8. The van der Waals surface area contributed by atoms with Gasteiger partial charge in [0.2, 0.25) is 0 Å². The highest BCUT2D eigenvalue weighted by molar-refractivity contribution is 5.77. The van der Waals surface area contributed by atoms with Crippen LogP contribution in [0.1, 0.15) is 61.0 Å². The lowest BCUT2D eigenvalue weighted by Gasteiger charge is -2.20. The summed E-state index contributed by atoms with van der Waals surface area (Å²) in [5.41, 5.74) is 5.63. The largest absolute Gasteiger partial charge is 0.519 e. The number of rotatable bonds is 1. The second-order valence-corrected chi connectivity index (χ2v) is 6.93. The highest BCUT2D eigenvalue weighted by atomic mass is 16.8. The van der Waals surface area contributed by atoms with Crippen LogP contribution in [0.4, 0.5) is 15.3 Å². The molecule has 0 heterocycles. The number of nitrogen functional groups attached to an aromatic ring is 1. The summed E-state index contributed by atoms with van der Waals surface area (Å²) in [4.78, 5) is 22.0. The third-order valence-electron chi connectivity index (χ3n) is 2.11. The maximum Gasteiger partial charge on any atom is 0.519 e. The monoisotopic (exact) mass is 371 g/mol. The smallest absolute Gasteiger partial charge is 0.428 e. The first kappa shape index (κ1) is 26.0. The maximum absolute atomic E-state index is 11.0. The van der Waals surface area contributed by atoms with E-state index in [1.807, 2.05) is 13.8 Å².